The van der Waals surface area contributed by atoms with Gasteiger partial charge >= 0.3 is 75.5 Å². The summed E-state index contributed by atoms with van der Waals surface area (Å²) in [7, 11) is -9.44. The van der Waals surface area contributed by atoms with E-state index in [0.29, 0.717) is 0 Å². The first kappa shape index (κ1) is 28.8. The zero-order valence-corrected chi connectivity index (χ0v) is 16.9. The molecule has 0 fully saturated rings. The van der Waals surface area contributed by atoms with Crippen LogP contribution >= 0.6 is 15.6 Å². The molecule has 0 aromatic carbocycles. The largest absolute Gasteiger partial charge is 2.00 e. The fraction of sp³-hybridized carbons (Fsp3) is 1.00. The predicted molar refractivity (Wildman–Crippen MR) is 59.2 cm³/mol. The smallest absolute Gasteiger partial charge is 0.790 e. The summed E-state index contributed by atoms with van der Waals surface area (Å²) in [6.07, 6.45) is -1.09. The topological polar surface area (TPSA) is 145 Å². The molecule has 0 saturated carbocycles. The van der Waals surface area contributed by atoms with Crippen LogP contribution in [0.5, 0.6) is 0 Å². The van der Waals surface area contributed by atoms with Crippen molar-refractivity contribution in [3.63, 3.8) is 0 Å². The van der Waals surface area contributed by atoms with Gasteiger partial charge in [-0.2, -0.15) is 0 Å². The van der Waals surface area contributed by atoms with Crippen LogP contribution in [-0.2, 0) is 18.2 Å². The molecule has 0 atom stereocenters. The van der Waals surface area contributed by atoms with Crippen molar-refractivity contribution < 1.29 is 37.8 Å². The van der Waals surface area contributed by atoms with E-state index in [1.165, 1.54) is 27.7 Å². The summed E-state index contributed by atoms with van der Waals surface area (Å²) in [5.41, 5.74) is 0. The van der Waals surface area contributed by atoms with E-state index in [4.69, 9.17) is 0 Å². The molecule has 0 unspecified atom stereocenters. The molecule has 18 heavy (non-hydrogen) atoms. The first-order chi connectivity index (χ1) is 6.83. The molecule has 0 aliphatic carbocycles. The van der Waals surface area contributed by atoms with E-state index in [-0.39, 0.29) is 75.5 Å². The second-order valence-electron chi connectivity index (χ2n) is 3.20. The van der Waals surface area contributed by atoms with E-state index in [1.807, 2.05) is 0 Å². The average molecular weight is 356 g/mol. The molecule has 8 nitrogen and oxygen atoms in total. The van der Waals surface area contributed by atoms with Gasteiger partial charge in [-0.1, -0.05) is 0 Å². The van der Waals surface area contributed by atoms with Crippen molar-refractivity contribution in [2.24, 2.45) is 0 Å². The Morgan fingerprint density at radius 1 is 0.722 bits per heavy atom. The third kappa shape index (κ3) is 36.3. The molecule has 0 rings (SSSR count). The third-order valence-corrected chi connectivity index (χ3v) is 2.04. The summed E-state index contributed by atoms with van der Waals surface area (Å²) in [5, 5.41) is 0. The van der Waals surface area contributed by atoms with E-state index in [2.05, 4.69) is 9.05 Å². The number of hydrogen-bond donors (Lipinski definition) is 0. The molecule has 12 heteroatoms. The van der Waals surface area contributed by atoms with Crippen molar-refractivity contribution >= 4 is 91.1 Å². The van der Waals surface area contributed by atoms with Gasteiger partial charge in [-0.3, -0.25) is 0 Å². The number of hydrogen-bond acceptors (Lipinski definition) is 8. The van der Waals surface area contributed by atoms with Gasteiger partial charge in [-0.15, -0.1) is 0 Å². The first-order valence-electron chi connectivity index (χ1n) is 4.24. The molecule has 0 amide bonds. The molecule has 0 saturated heterocycles. The van der Waals surface area contributed by atoms with Crippen molar-refractivity contribution in [3.8, 4) is 0 Å². The van der Waals surface area contributed by atoms with Crippen molar-refractivity contribution in [1.29, 1.82) is 0 Å². The Bertz CT molecular complexity index is 245. The fourth-order valence-electron chi connectivity index (χ4n) is 0.516. The van der Waals surface area contributed by atoms with Gasteiger partial charge in [0.2, 0.25) is 0 Å². The van der Waals surface area contributed by atoms with Gasteiger partial charge in [0.1, 0.15) is 0 Å². The molecule has 0 radical (unpaired) electrons. The van der Waals surface area contributed by atoms with Crippen LogP contribution in [0, 0.1) is 0 Å². The van der Waals surface area contributed by atoms with E-state index in [9.17, 15) is 28.7 Å². The Hall–Kier alpha value is 2.74. The van der Waals surface area contributed by atoms with Crippen LogP contribution in [-0.4, -0.2) is 87.7 Å². The summed E-state index contributed by atoms with van der Waals surface area (Å²) in [4.78, 5) is 38.8. The van der Waals surface area contributed by atoms with Crippen LogP contribution in [0.25, 0.3) is 0 Å². The zero-order chi connectivity index (χ0) is 13.6. The minimum Gasteiger partial charge on any atom is -0.790 e. The minimum atomic E-state index is -4.72. The molecule has 0 aromatic rings. The predicted octanol–water partition coefficient (Wildman–Crippen LogP) is -2.28. The van der Waals surface area contributed by atoms with E-state index < -0.39 is 27.9 Å². The van der Waals surface area contributed by atoms with Crippen LogP contribution in [0.2, 0.25) is 0 Å². The quantitative estimate of drug-likeness (QED) is 0.404. The Kier molecular flexibility index (Phi) is 21.5. The molecule has 0 N–H and O–H groups in total. The summed E-state index contributed by atoms with van der Waals surface area (Å²) in [6, 6.07) is 0. The zero-order valence-electron chi connectivity index (χ0n) is 10.7. The molecule has 0 aromatic heterocycles. The minimum absolute atomic E-state index is 0. The average Bonchev–Trinajstić information content (AvgIpc) is 1.72. The first-order valence-corrected chi connectivity index (χ1v) is 7.16. The molecule has 0 heterocycles. The molecular weight excluding hydrogens is 342 g/mol. The van der Waals surface area contributed by atoms with Crippen LogP contribution < -0.4 is 19.6 Å². The Morgan fingerprint density at radius 3 is 0.889 bits per heavy atom. The van der Waals surface area contributed by atoms with Crippen molar-refractivity contribution in [3.05, 3.63) is 0 Å². The van der Waals surface area contributed by atoms with E-state index >= 15 is 0 Å². The molecule has 0 spiro atoms. The summed E-state index contributed by atoms with van der Waals surface area (Å²) in [6.45, 7) is 5.90. The van der Waals surface area contributed by atoms with Crippen molar-refractivity contribution in [2.75, 3.05) is 0 Å². The van der Waals surface area contributed by atoms with Gasteiger partial charge < -0.3 is 37.8 Å². The molecule has 100 valence electrons. The summed E-state index contributed by atoms with van der Waals surface area (Å²) in [5.74, 6) is 0. The maximum absolute atomic E-state index is 9.69. The monoisotopic (exact) mass is 356 g/mol. The van der Waals surface area contributed by atoms with E-state index in [0.717, 1.165) is 0 Å². The second kappa shape index (κ2) is 13.4. The van der Waals surface area contributed by atoms with Crippen molar-refractivity contribution in [1.82, 2.24) is 0 Å². The van der Waals surface area contributed by atoms with Gasteiger partial charge in [-0.05, 0) is 27.7 Å². The molecule has 0 aliphatic rings. The maximum Gasteiger partial charge on any atom is 2.00 e. The van der Waals surface area contributed by atoms with Gasteiger partial charge in [0, 0.05) is 0 Å². The van der Waals surface area contributed by atoms with Crippen LogP contribution in [0.15, 0.2) is 0 Å². The third-order valence-electron chi connectivity index (χ3n) is 0.680. The van der Waals surface area contributed by atoms with Crippen LogP contribution in [0.4, 0.5) is 0 Å². The summed E-state index contributed by atoms with van der Waals surface area (Å²) >= 11 is 0. The van der Waals surface area contributed by atoms with Crippen molar-refractivity contribution in [2.45, 2.75) is 39.9 Å². The van der Waals surface area contributed by atoms with E-state index in [1.54, 1.807) is 0 Å². The van der Waals surface area contributed by atoms with Gasteiger partial charge in [0.15, 0.2) is 0 Å². The SMILES string of the molecule is CC(C)OP(=O)([O-])[O-].CC(C)OP(=O)([O-])[O-].[Ca+2].[Ca+2]. The van der Waals surface area contributed by atoms with Crippen LogP contribution in [0.1, 0.15) is 27.7 Å². The maximum atomic E-state index is 9.69. The van der Waals surface area contributed by atoms with Crippen LogP contribution in [0.3, 0.4) is 0 Å². The Balaban J connectivity index is -0.0000000980. The standard InChI is InChI=1S/2C3H9O4P.2Ca/c2*1-3(2)7-8(4,5)6;;/h2*3H,1-2H3,(H2,4,5,6);;/q;;2*+2/p-4. The van der Waals surface area contributed by atoms with Gasteiger partial charge in [-0.25, -0.2) is 0 Å². The number of phosphoric acid groups is 2. The Labute approximate surface area is 166 Å². The fourth-order valence-corrected chi connectivity index (χ4v) is 1.55. The molecule has 0 aliphatic heterocycles. The molecule has 0 bridgehead atoms. The normalized spacial score (nSPS) is 11.2. The summed E-state index contributed by atoms with van der Waals surface area (Å²) < 4.78 is 27.1. The van der Waals surface area contributed by atoms with Gasteiger partial charge in [0.05, 0.1) is 27.9 Å². The molecular formula is C6H14Ca2O8P2. The number of rotatable bonds is 4. The van der Waals surface area contributed by atoms with Gasteiger partial charge in [0.25, 0.3) is 0 Å². The Morgan fingerprint density at radius 2 is 0.889 bits per heavy atom. The second-order valence-corrected chi connectivity index (χ2v) is 5.41. The number of phosphoric ester groups is 2.